The lowest BCUT2D eigenvalue weighted by Crippen LogP contribution is -2.58. The summed E-state index contributed by atoms with van der Waals surface area (Å²) in [5.74, 6) is 0.225. The second-order valence-electron chi connectivity index (χ2n) is 14.9. The number of aromatic amines is 1. The van der Waals surface area contributed by atoms with E-state index in [9.17, 15) is 19.2 Å². The topological polar surface area (TPSA) is 176 Å². The number of aromatic nitrogens is 2. The number of anilines is 1. The summed E-state index contributed by atoms with van der Waals surface area (Å²) < 4.78 is 21.5. The van der Waals surface area contributed by atoms with Crippen LogP contribution in [0.25, 0.3) is 22.4 Å². The standard InChI is InChI=1S/C40H51N7O8/c1-24(2)33(45-40-54-23-55-40)38(50)47-20-7-10-32(47)36(48)41-28-17-15-26(16-18-28)25-11-13-27(14-12-25)34-30-22-53-21-5-4-8-29(43-39(51)52-3)37(49)46-19-6-9-31(46)35(42-30)44-34/h11-18,24,29,31-33,40,45H,4-10,19-23H2,1-3H3,(H,41,48)(H,42,44)(H,43,51)/t29-,31-,32-,33-/m0/s1. The van der Waals surface area contributed by atoms with Gasteiger partial charge in [-0.1, -0.05) is 50.2 Å². The zero-order valence-electron chi connectivity index (χ0n) is 31.7. The molecular weight excluding hydrogens is 706 g/mol. The van der Waals surface area contributed by atoms with Crippen LogP contribution in [-0.4, -0.2) is 102 Å². The number of nitrogens with one attached hydrogen (secondary N) is 4. The average Bonchev–Trinajstić information content (AvgIpc) is 3.95. The smallest absolute Gasteiger partial charge is 0.407 e. The number of carbonyl (C=O) groups excluding carboxylic acids is 4. The molecule has 2 bridgehead atoms. The van der Waals surface area contributed by atoms with Gasteiger partial charge in [0.15, 0.2) is 6.79 Å². The first-order valence-corrected chi connectivity index (χ1v) is 19.3. The van der Waals surface area contributed by atoms with Crippen molar-refractivity contribution in [2.24, 2.45) is 5.92 Å². The number of hydrogen-bond acceptors (Lipinski definition) is 10. The maximum Gasteiger partial charge on any atom is 0.407 e. The Morgan fingerprint density at radius 1 is 0.909 bits per heavy atom. The molecule has 4 atom stereocenters. The predicted octanol–water partition coefficient (Wildman–Crippen LogP) is 4.66. The number of H-pyrrole nitrogens is 1. The number of fused-ring (bicyclic) bond motifs is 4. The molecule has 5 heterocycles. The van der Waals surface area contributed by atoms with Gasteiger partial charge in [0.2, 0.25) is 24.1 Å². The Balaban J connectivity index is 1.02. The molecule has 2 aromatic carbocycles. The van der Waals surface area contributed by atoms with E-state index in [0.717, 1.165) is 60.2 Å². The van der Waals surface area contributed by atoms with E-state index in [1.54, 1.807) is 4.90 Å². The summed E-state index contributed by atoms with van der Waals surface area (Å²) >= 11 is 0. The highest BCUT2D eigenvalue weighted by atomic mass is 16.9. The molecule has 0 spiro atoms. The first-order chi connectivity index (χ1) is 26.7. The van der Waals surface area contributed by atoms with E-state index in [0.29, 0.717) is 50.7 Å². The molecule has 0 saturated carbocycles. The molecule has 3 fully saturated rings. The molecule has 55 heavy (non-hydrogen) atoms. The monoisotopic (exact) mass is 757 g/mol. The van der Waals surface area contributed by atoms with Crippen LogP contribution in [0.3, 0.4) is 0 Å². The Hall–Kier alpha value is -4.83. The van der Waals surface area contributed by atoms with Crippen molar-refractivity contribution in [2.75, 3.05) is 38.9 Å². The number of alkyl carbamates (subject to hydrolysis) is 1. The van der Waals surface area contributed by atoms with Gasteiger partial charge in [-0.15, -0.1) is 0 Å². The summed E-state index contributed by atoms with van der Waals surface area (Å²) in [7, 11) is 1.30. The van der Waals surface area contributed by atoms with Gasteiger partial charge in [0.25, 0.3) is 0 Å². The number of likely N-dealkylation sites (tertiary alicyclic amines) is 1. The van der Waals surface area contributed by atoms with E-state index in [1.165, 1.54) is 7.11 Å². The maximum atomic E-state index is 13.7. The molecule has 0 aliphatic carbocycles. The third kappa shape index (κ3) is 8.70. The second-order valence-corrected chi connectivity index (χ2v) is 14.9. The number of hydrogen-bond donors (Lipinski definition) is 4. The lowest BCUT2D eigenvalue weighted by Gasteiger charge is -2.35. The molecule has 1 aromatic heterocycles. The van der Waals surface area contributed by atoms with Gasteiger partial charge in [-0.2, -0.15) is 0 Å². The molecule has 4 amide bonds. The van der Waals surface area contributed by atoms with Crippen molar-refractivity contribution in [1.29, 1.82) is 0 Å². The highest BCUT2D eigenvalue weighted by Crippen LogP contribution is 2.35. The Morgan fingerprint density at radius 2 is 1.62 bits per heavy atom. The molecule has 3 aromatic rings. The third-order valence-corrected chi connectivity index (χ3v) is 10.9. The van der Waals surface area contributed by atoms with E-state index in [2.05, 4.69) is 20.9 Å². The number of nitrogens with zero attached hydrogens (tertiary/aromatic N) is 3. The zero-order chi connectivity index (χ0) is 38.5. The van der Waals surface area contributed by atoms with Crippen LogP contribution in [0.15, 0.2) is 48.5 Å². The van der Waals surface area contributed by atoms with E-state index < -0.39 is 30.6 Å². The molecule has 294 valence electrons. The van der Waals surface area contributed by atoms with Crippen LogP contribution in [0, 0.1) is 5.92 Å². The van der Waals surface area contributed by atoms with Gasteiger partial charge in [0.05, 0.1) is 37.2 Å². The number of amides is 4. The van der Waals surface area contributed by atoms with Crippen molar-refractivity contribution < 1.29 is 38.1 Å². The molecule has 3 saturated heterocycles. The van der Waals surface area contributed by atoms with Gasteiger partial charge in [0.1, 0.15) is 17.9 Å². The van der Waals surface area contributed by atoms with Crippen molar-refractivity contribution in [3.8, 4) is 22.4 Å². The lowest BCUT2D eigenvalue weighted by atomic mass is 10.0. The summed E-state index contributed by atoms with van der Waals surface area (Å²) in [6, 6.07) is 13.8. The van der Waals surface area contributed by atoms with Crippen LogP contribution < -0.4 is 16.0 Å². The van der Waals surface area contributed by atoms with Gasteiger partial charge < -0.3 is 44.4 Å². The summed E-state index contributed by atoms with van der Waals surface area (Å²) in [5, 5.41) is 8.86. The number of ether oxygens (including phenoxy) is 4. The Bertz CT molecular complexity index is 1830. The summed E-state index contributed by atoms with van der Waals surface area (Å²) in [6.07, 6.45) is 3.69. The van der Waals surface area contributed by atoms with Crippen molar-refractivity contribution in [3.63, 3.8) is 0 Å². The third-order valence-electron chi connectivity index (χ3n) is 10.9. The van der Waals surface area contributed by atoms with Crippen LogP contribution >= 0.6 is 0 Å². The minimum Gasteiger partial charge on any atom is -0.453 e. The van der Waals surface area contributed by atoms with E-state index in [-0.39, 0.29) is 36.5 Å². The van der Waals surface area contributed by atoms with Gasteiger partial charge in [0, 0.05) is 30.9 Å². The molecule has 7 rings (SSSR count). The Labute approximate surface area is 320 Å². The highest BCUT2D eigenvalue weighted by molar-refractivity contribution is 5.98. The van der Waals surface area contributed by atoms with Gasteiger partial charge >= 0.3 is 6.09 Å². The molecular formula is C40H51N7O8. The number of methoxy groups -OCH3 is 1. The Kier molecular flexibility index (Phi) is 12.1. The van der Waals surface area contributed by atoms with Gasteiger partial charge in [-0.05, 0) is 74.1 Å². The van der Waals surface area contributed by atoms with Crippen molar-refractivity contribution in [3.05, 3.63) is 60.0 Å². The van der Waals surface area contributed by atoms with E-state index in [4.69, 9.17) is 23.9 Å². The van der Waals surface area contributed by atoms with Gasteiger partial charge in [-0.3, -0.25) is 19.7 Å². The van der Waals surface area contributed by atoms with Gasteiger partial charge in [-0.25, -0.2) is 9.78 Å². The number of imidazole rings is 1. The van der Waals surface area contributed by atoms with E-state index >= 15 is 0 Å². The highest BCUT2D eigenvalue weighted by Gasteiger charge is 2.40. The van der Waals surface area contributed by atoms with E-state index in [1.807, 2.05) is 67.3 Å². The van der Waals surface area contributed by atoms with Crippen molar-refractivity contribution in [2.45, 2.75) is 96.0 Å². The fourth-order valence-corrected chi connectivity index (χ4v) is 7.83. The average molecular weight is 758 g/mol. The van der Waals surface area contributed by atoms with Crippen LogP contribution in [0.1, 0.15) is 76.4 Å². The molecule has 4 N–H and O–H groups in total. The van der Waals surface area contributed by atoms with Crippen LogP contribution in [0.5, 0.6) is 0 Å². The van der Waals surface area contributed by atoms with Crippen LogP contribution in [-0.2, 0) is 39.9 Å². The van der Waals surface area contributed by atoms with Crippen LogP contribution in [0.4, 0.5) is 10.5 Å². The number of benzene rings is 2. The number of rotatable bonds is 9. The SMILES string of the molecule is COC(=O)N[C@H]1CCCCOCc2[nH]c(nc2-c2ccc(-c3ccc(NC(=O)[C@@H]4CCCN4C(=O)[C@@H](NC4OCO4)C(C)C)cc3)cc2)[C@@H]2CCCN2C1=O. The fourth-order valence-electron chi connectivity index (χ4n) is 7.83. The quantitative estimate of drug-likeness (QED) is 0.240. The minimum atomic E-state index is -0.678. The summed E-state index contributed by atoms with van der Waals surface area (Å²) in [4.78, 5) is 64.8. The zero-order valence-corrected chi connectivity index (χ0v) is 31.7. The molecule has 15 heteroatoms. The molecule has 0 radical (unpaired) electrons. The first kappa shape index (κ1) is 38.4. The van der Waals surface area contributed by atoms with Crippen LogP contribution in [0.2, 0.25) is 0 Å². The predicted molar refractivity (Wildman–Crippen MR) is 202 cm³/mol. The largest absolute Gasteiger partial charge is 0.453 e. The molecule has 4 aliphatic rings. The second kappa shape index (κ2) is 17.3. The first-order valence-electron chi connectivity index (χ1n) is 19.3. The molecule has 15 nitrogen and oxygen atoms in total. The van der Waals surface area contributed by atoms with Crippen molar-refractivity contribution >= 4 is 29.5 Å². The van der Waals surface area contributed by atoms with Crippen molar-refractivity contribution in [1.82, 2.24) is 30.4 Å². The maximum absolute atomic E-state index is 13.7. The summed E-state index contributed by atoms with van der Waals surface area (Å²) in [6.45, 7) is 6.08. The summed E-state index contributed by atoms with van der Waals surface area (Å²) in [5.41, 5.74) is 5.17. The number of carbonyl (C=O) groups is 4. The normalized spacial score (nSPS) is 22.5. The molecule has 0 unspecified atom stereocenters. The Morgan fingerprint density at radius 3 is 2.31 bits per heavy atom. The lowest BCUT2D eigenvalue weighted by molar-refractivity contribution is -0.335. The molecule has 4 aliphatic heterocycles. The fraction of sp³-hybridized carbons (Fsp3) is 0.525. The minimum absolute atomic E-state index is 0.0138.